The lowest BCUT2D eigenvalue weighted by Crippen LogP contribution is -2.42. The maximum atomic E-state index is 11.4. The monoisotopic (exact) mass is 189 g/mol. The van der Waals surface area contributed by atoms with E-state index in [-0.39, 0.29) is 5.97 Å². The molecule has 0 saturated heterocycles. The molecule has 13 heavy (non-hydrogen) atoms. The molecule has 0 radical (unpaired) electrons. The Labute approximate surface area is 79.4 Å². The summed E-state index contributed by atoms with van der Waals surface area (Å²) >= 11 is 0. The molecule has 0 saturated carbocycles. The van der Waals surface area contributed by atoms with Gasteiger partial charge in [-0.1, -0.05) is 13.8 Å². The van der Waals surface area contributed by atoms with Crippen LogP contribution in [0.1, 0.15) is 26.7 Å². The van der Waals surface area contributed by atoms with Crippen LogP contribution in [-0.2, 0) is 14.3 Å². The van der Waals surface area contributed by atoms with E-state index in [1.165, 1.54) is 7.11 Å². The largest absolute Gasteiger partial charge is 0.467 e. The van der Waals surface area contributed by atoms with E-state index in [1.54, 1.807) is 0 Å². The van der Waals surface area contributed by atoms with Crippen LogP contribution in [0.25, 0.3) is 0 Å². The van der Waals surface area contributed by atoms with Gasteiger partial charge in [0.2, 0.25) is 0 Å². The highest BCUT2D eigenvalue weighted by Crippen LogP contribution is 2.21. The van der Waals surface area contributed by atoms with Crippen molar-refractivity contribution in [2.45, 2.75) is 32.3 Å². The maximum absolute atomic E-state index is 11.4. The third kappa shape index (κ3) is 2.97. The van der Waals surface area contributed by atoms with E-state index in [9.17, 15) is 4.79 Å². The molecule has 0 bridgehead atoms. The third-order valence-electron chi connectivity index (χ3n) is 2.20. The first kappa shape index (κ1) is 12.4. The summed E-state index contributed by atoms with van der Waals surface area (Å²) in [6, 6.07) is 0. The Morgan fingerprint density at radius 3 is 2.23 bits per heavy atom. The topological polar surface area (TPSA) is 61.5 Å². The molecule has 0 amide bonds. The molecule has 0 spiro atoms. The lowest BCUT2D eigenvalue weighted by molar-refractivity contribution is -0.170. The van der Waals surface area contributed by atoms with Crippen molar-refractivity contribution in [2.75, 3.05) is 20.3 Å². The van der Waals surface area contributed by atoms with Crippen molar-refractivity contribution in [3.63, 3.8) is 0 Å². The van der Waals surface area contributed by atoms with Crippen molar-refractivity contribution in [3.8, 4) is 0 Å². The van der Waals surface area contributed by atoms with Crippen LogP contribution in [0.2, 0.25) is 0 Å². The fraction of sp³-hybridized carbons (Fsp3) is 0.889. The van der Waals surface area contributed by atoms with Crippen molar-refractivity contribution in [2.24, 2.45) is 5.73 Å². The molecular weight excluding hydrogens is 170 g/mol. The van der Waals surface area contributed by atoms with Crippen LogP contribution in [0.5, 0.6) is 0 Å². The molecule has 0 atom stereocenters. The standard InChI is InChI=1S/C9H19NO3/c1-4-9(5-2,8(11)12-3)13-7-6-10/h4-7,10H2,1-3H3. The van der Waals surface area contributed by atoms with E-state index >= 15 is 0 Å². The highest BCUT2D eigenvalue weighted by molar-refractivity contribution is 5.79. The average molecular weight is 189 g/mol. The van der Waals surface area contributed by atoms with Crippen LogP contribution >= 0.6 is 0 Å². The van der Waals surface area contributed by atoms with E-state index in [0.717, 1.165) is 0 Å². The lowest BCUT2D eigenvalue weighted by Gasteiger charge is -2.28. The zero-order valence-corrected chi connectivity index (χ0v) is 8.63. The molecule has 0 aromatic heterocycles. The Bertz CT molecular complexity index is 155. The third-order valence-corrected chi connectivity index (χ3v) is 2.20. The summed E-state index contributed by atoms with van der Waals surface area (Å²) in [5.41, 5.74) is 4.51. The summed E-state index contributed by atoms with van der Waals surface area (Å²) in [7, 11) is 1.37. The highest BCUT2D eigenvalue weighted by atomic mass is 16.6. The van der Waals surface area contributed by atoms with Gasteiger partial charge < -0.3 is 15.2 Å². The fourth-order valence-electron chi connectivity index (χ4n) is 1.24. The molecule has 0 aliphatic rings. The second kappa shape index (κ2) is 5.94. The Kier molecular flexibility index (Phi) is 5.66. The summed E-state index contributed by atoms with van der Waals surface area (Å²) in [5.74, 6) is -0.314. The molecule has 0 aliphatic heterocycles. The molecule has 0 unspecified atom stereocenters. The summed E-state index contributed by atoms with van der Waals surface area (Å²) in [6.45, 7) is 4.60. The molecule has 2 N–H and O–H groups in total. The van der Waals surface area contributed by atoms with Crippen LogP contribution in [0.3, 0.4) is 0 Å². The van der Waals surface area contributed by atoms with Crippen molar-refractivity contribution in [3.05, 3.63) is 0 Å². The summed E-state index contributed by atoms with van der Waals surface area (Å²) in [4.78, 5) is 11.4. The number of ether oxygens (including phenoxy) is 2. The zero-order chi connectivity index (χ0) is 10.3. The summed E-state index contributed by atoms with van der Waals surface area (Å²) in [5, 5.41) is 0. The van der Waals surface area contributed by atoms with Gasteiger partial charge in [0.25, 0.3) is 0 Å². The van der Waals surface area contributed by atoms with E-state index in [0.29, 0.717) is 26.0 Å². The van der Waals surface area contributed by atoms with Crippen molar-refractivity contribution < 1.29 is 14.3 Å². The average Bonchev–Trinajstić information content (AvgIpc) is 2.19. The molecule has 0 aromatic carbocycles. The number of carbonyl (C=O) groups excluding carboxylic acids is 1. The number of rotatable bonds is 6. The molecule has 0 rings (SSSR count). The summed E-state index contributed by atoms with van der Waals surface area (Å²) < 4.78 is 10.1. The maximum Gasteiger partial charge on any atom is 0.338 e. The molecule has 0 aromatic rings. The van der Waals surface area contributed by atoms with Crippen molar-refractivity contribution in [1.82, 2.24) is 0 Å². The van der Waals surface area contributed by atoms with Gasteiger partial charge in [-0.05, 0) is 12.8 Å². The molecular formula is C9H19NO3. The Hall–Kier alpha value is -0.610. The number of carbonyl (C=O) groups is 1. The van der Waals surface area contributed by atoms with Gasteiger partial charge in [0.1, 0.15) is 0 Å². The number of esters is 1. The molecule has 0 fully saturated rings. The first-order valence-electron chi connectivity index (χ1n) is 4.59. The highest BCUT2D eigenvalue weighted by Gasteiger charge is 2.36. The van der Waals surface area contributed by atoms with Crippen LogP contribution in [-0.4, -0.2) is 31.8 Å². The SMILES string of the molecule is CCC(CC)(OCCN)C(=O)OC. The van der Waals surface area contributed by atoms with Gasteiger partial charge in [-0.25, -0.2) is 4.79 Å². The Morgan fingerprint density at radius 2 is 1.92 bits per heavy atom. The predicted molar refractivity (Wildman–Crippen MR) is 50.3 cm³/mol. The van der Waals surface area contributed by atoms with Crippen LogP contribution in [0, 0.1) is 0 Å². The van der Waals surface area contributed by atoms with Gasteiger partial charge in [-0.2, -0.15) is 0 Å². The van der Waals surface area contributed by atoms with Gasteiger partial charge in [0, 0.05) is 6.54 Å². The van der Waals surface area contributed by atoms with Gasteiger partial charge in [-0.3, -0.25) is 0 Å². The number of hydrogen-bond donors (Lipinski definition) is 1. The van der Waals surface area contributed by atoms with Gasteiger partial charge in [0.05, 0.1) is 13.7 Å². The minimum absolute atomic E-state index is 0.314. The Balaban J connectivity index is 4.39. The van der Waals surface area contributed by atoms with Gasteiger partial charge in [0.15, 0.2) is 5.60 Å². The van der Waals surface area contributed by atoms with Crippen molar-refractivity contribution in [1.29, 1.82) is 0 Å². The van der Waals surface area contributed by atoms with E-state index < -0.39 is 5.60 Å². The quantitative estimate of drug-likeness (QED) is 0.624. The van der Waals surface area contributed by atoms with Gasteiger partial charge >= 0.3 is 5.97 Å². The van der Waals surface area contributed by atoms with Crippen LogP contribution in [0.4, 0.5) is 0 Å². The minimum Gasteiger partial charge on any atom is -0.467 e. The summed E-state index contributed by atoms with van der Waals surface area (Å²) in [6.07, 6.45) is 1.21. The second-order valence-corrected chi connectivity index (χ2v) is 2.83. The van der Waals surface area contributed by atoms with Crippen LogP contribution in [0.15, 0.2) is 0 Å². The van der Waals surface area contributed by atoms with Crippen LogP contribution < -0.4 is 5.73 Å². The number of hydrogen-bond acceptors (Lipinski definition) is 4. The van der Waals surface area contributed by atoms with Gasteiger partial charge in [-0.15, -0.1) is 0 Å². The first-order valence-corrected chi connectivity index (χ1v) is 4.59. The first-order chi connectivity index (χ1) is 6.16. The molecule has 78 valence electrons. The second-order valence-electron chi connectivity index (χ2n) is 2.83. The smallest absolute Gasteiger partial charge is 0.338 e. The lowest BCUT2D eigenvalue weighted by atomic mass is 9.97. The molecule has 4 nitrogen and oxygen atoms in total. The molecule has 0 aliphatic carbocycles. The van der Waals surface area contributed by atoms with Crippen molar-refractivity contribution >= 4 is 5.97 Å². The number of nitrogens with two attached hydrogens (primary N) is 1. The zero-order valence-electron chi connectivity index (χ0n) is 8.63. The van der Waals surface area contributed by atoms with E-state index in [1.807, 2.05) is 13.8 Å². The fourth-order valence-corrected chi connectivity index (χ4v) is 1.24. The van der Waals surface area contributed by atoms with E-state index in [2.05, 4.69) is 4.74 Å². The minimum atomic E-state index is -0.798. The van der Waals surface area contributed by atoms with E-state index in [4.69, 9.17) is 10.5 Å². The molecule has 0 heterocycles. The molecule has 4 heteroatoms. The normalized spacial score (nSPS) is 11.4. The Morgan fingerprint density at radius 1 is 1.38 bits per heavy atom. The predicted octanol–water partition coefficient (Wildman–Crippen LogP) is 0.693. The number of methoxy groups -OCH3 is 1.